The second-order valence-electron chi connectivity index (χ2n) is 8.30. The van der Waals surface area contributed by atoms with E-state index in [0.717, 1.165) is 35.6 Å². The van der Waals surface area contributed by atoms with Crippen molar-refractivity contribution in [2.75, 3.05) is 19.8 Å². The van der Waals surface area contributed by atoms with Crippen LogP contribution in [0.1, 0.15) is 57.2 Å². The number of hydrogen-bond donors (Lipinski definition) is 2. The van der Waals surface area contributed by atoms with Gasteiger partial charge in [-0.3, -0.25) is 9.89 Å². The number of nitrogens with one attached hydrogen (secondary N) is 2. The number of rotatable bonds is 6. The first-order valence-electron chi connectivity index (χ1n) is 10.5. The molecule has 0 atom stereocenters. The summed E-state index contributed by atoms with van der Waals surface area (Å²) in [6.07, 6.45) is 2.39. The number of amides is 1. The molecule has 0 spiro atoms. The summed E-state index contributed by atoms with van der Waals surface area (Å²) in [6.45, 7) is 8.03. The highest BCUT2D eigenvalue weighted by atomic mass is 16.5. The van der Waals surface area contributed by atoms with Crippen LogP contribution < -0.4 is 5.32 Å². The van der Waals surface area contributed by atoms with Crippen LogP contribution >= 0.6 is 0 Å². The molecule has 4 rings (SSSR count). The van der Waals surface area contributed by atoms with Crippen LogP contribution in [0.25, 0.3) is 0 Å². The fraction of sp³-hybridized carbons (Fsp3) is 0.417. The van der Waals surface area contributed by atoms with E-state index in [1.54, 1.807) is 6.07 Å². The van der Waals surface area contributed by atoms with E-state index in [1.807, 2.05) is 19.9 Å². The first-order chi connectivity index (χ1) is 14.5. The summed E-state index contributed by atoms with van der Waals surface area (Å²) in [5.41, 5.74) is 5.46. The maximum atomic E-state index is 12.8. The minimum atomic E-state index is -0.180. The van der Waals surface area contributed by atoms with E-state index in [4.69, 9.17) is 9.15 Å². The second-order valence-corrected chi connectivity index (χ2v) is 8.30. The van der Waals surface area contributed by atoms with Gasteiger partial charge in [-0.2, -0.15) is 5.10 Å². The summed E-state index contributed by atoms with van der Waals surface area (Å²) in [5.74, 6) is 0.919. The first-order valence-corrected chi connectivity index (χ1v) is 10.5. The van der Waals surface area contributed by atoms with Crippen molar-refractivity contribution in [2.45, 2.75) is 45.4 Å². The number of carbonyl (C=O) groups excluding carboxylic acids is 1. The van der Waals surface area contributed by atoms with Crippen molar-refractivity contribution < 1.29 is 13.9 Å². The number of benzene rings is 1. The molecule has 0 radical (unpaired) electrons. The number of nitrogens with zero attached hydrogens (tertiary/aromatic N) is 1. The van der Waals surface area contributed by atoms with Crippen molar-refractivity contribution >= 4 is 5.91 Å². The molecule has 2 aromatic heterocycles. The van der Waals surface area contributed by atoms with Crippen molar-refractivity contribution in [1.29, 1.82) is 0 Å². The molecule has 158 valence electrons. The molecule has 1 aromatic carbocycles. The smallest absolute Gasteiger partial charge is 0.287 e. The number of aromatic nitrogens is 2. The summed E-state index contributed by atoms with van der Waals surface area (Å²) < 4.78 is 11.4. The number of ether oxygens (including phenoxy) is 1. The zero-order chi connectivity index (χ0) is 21.1. The Hall–Kier alpha value is -2.86. The number of aromatic amines is 1. The van der Waals surface area contributed by atoms with Crippen molar-refractivity contribution in [1.82, 2.24) is 15.5 Å². The highest BCUT2D eigenvalue weighted by Crippen LogP contribution is 2.34. The predicted octanol–water partition coefficient (Wildman–Crippen LogP) is 4.00. The third kappa shape index (κ3) is 4.19. The third-order valence-corrected chi connectivity index (χ3v) is 6.18. The van der Waals surface area contributed by atoms with Gasteiger partial charge in [-0.15, -0.1) is 0 Å². The normalized spacial score (nSPS) is 15.8. The van der Waals surface area contributed by atoms with Crippen LogP contribution in [0.3, 0.4) is 0 Å². The second kappa shape index (κ2) is 8.48. The van der Waals surface area contributed by atoms with Gasteiger partial charge in [0, 0.05) is 42.9 Å². The summed E-state index contributed by atoms with van der Waals surface area (Å²) in [7, 11) is 0. The molecule has 30 heavy (non-hydrogen) atoms. The number of furan rings is 1. The molecule has 1 aliphatic rings. The number of aryl methyl sites for hydroxylation is 3. The van der Waals surface area contributed by atoms with E-state index < -0.39 is 0 Å². The van der Waals surface area contributed by atoms with Gasteiger partial charge in [-0.25, -0.2) is 0 Å². The molecule has 1 amide bonds. The van der Waals surface area contributed by atoms with Gasteiger partial charge in [0.2, 0.25) is 0 Å². The topological polar surface area (TPSA) is 80.2 Å². The Morgan fingerprint density at radius 3 is 2.67 bits per heavy atom. The average Bonchev–Trinajstić information content (AvgIpc) is 3.35. The fourth-order valence-corrected chi connectivity index (χ4v) is 4.24. The Kier molecular flexibility index (Phi) is 5.77. The number of hydrogen-bond acceptors (Lipinski definition) is 4. The standard InChI is InChI=1S/C24H29N3O3/c1-16-5-4-6-19(13-16)24(9-11-29-12-10-24)15-25-23(28)22-8-7-20(30-22)14-21-17(2)26-27-18(21)3/h4-8,13H,9-12,14-15H2,1-3H3,(H,25,28)(H,26,27). The number of H-pyrrole nitrogens is 1. The molecule has 3 heterocycles. The lowest BCUT2D eigenvalue weighted by atomic mass is 9.73. The van der Waals surface area contributed by atoms with E-state index >= 15 is 0 Å². The fourth-order valence-electron chi connectivity index (χ4n) is 4.24. The Balaban J connectivity index is 1.46. The van der Waals surface area contributed by atoms with E-state index in [0.29, 0.717) is 31.9 Å². The molecule has 0 aliphatic carbocycles. The van der Waals surface area contributed by atoms with Crippen molar-refractivity contribution in [3.63, 3.8) is 0 Å². The van der Waals surface area contributed by atoms with Crippen LogP contribution in [0, 0.1) is 20.8 Å². The monoisotopic (exact) mass is 407 g/mol. The van der Waals surface area contributed by atoms with Gasteiger partial charge in [0.1, 0.15) is 5.76 Å². The van der Waals surface area contributed by atoms with E-state index in [9.17, 15) is 4.79 Å². The Labute approximate surface area is 177 Å². The van der Waals surface area contributed by atoms with Gasteiger partial charge < -0.3 is 14.5 Å². The molecule has 0 bridgehead atoms. The van der Waals surface area contributed by atoms with Gasteiger partial charge in [0.25, 0.3) is 5.91 Å². The van der Waals surface area contributed by atoms with Crippen molar-refractivity contribution in [3.05, 3.63) is 76.0 Å². The van der Waals surface area contributed by atoms with Crippen LogP contribution in [0.2, 0.25) is 0 Å². The SMILES string of the molecule is Cc1cccc(C2(CNC(=O)c3ccc(Cc4c(C)n[nH]c4C)o3)CCOCC2)c1. The summed E-state index contributed by atoms with van der Waals surface area (Å²) >= 11 is 0. The summed E-state index contributed by atoms with van der Waals surface area (Å²) in [5, 5.41) is 10.3. The van der Waals surface area contributed by atoms with Crippen LogP contribution in [0.5, 0.6) is 0 Å². The quantitative estimate of drug-likeness (QED) is 0.647. The molecular formula is C24H29N3O3. The van der Waals surface area contributed by atoms with Gasteiger partial charge >= 0.3 is 0 Å². The average molecular weight is 408 g/mol. The minimum absolute atomic E-state index is 0.111. The zero-order valence-electron chi connectivity index (χ0n) is 17.9. The molecule has 0 unspecified atom stereocenters. The van der Waals surface area contributed by atoms with E-state index in [2.05, 4.69) is 46.7 Å². The van der Waals surface area contributed by atoms with Crippen LogP contribution in [0.4, 0.5) is 0 Å². The number of carbonyl (C=O) groups is 1. The van der Waals surface area contributed by atoms with Crippen LogP contribution in [0.15, 0.2) is 40.8 Å². The molecule has 3 aromatic rings. The zero-order valence-corrected chi connectivity index (χ0v) is 17.9. The Morgan fingerprint density at radius 2 is 1.97 bits per heavy atom. The molecule has 0 saturated carbocycles. The molecule has 1 saturated heterocycles. The molecule has 1 fully saturated rings. The van der Waals surface area contributed by atoms with E-state index in [-0.39, 0.29) is 11.3 Å². The largest absolute Gasteiger partial charge is 0.456 e. The maximum Gasteiger partial charge on any atom is 0.287 e. The van der Waals surface area contributed by atoms with Crippen molar-refractivity contribution in [2.24, 2.45) is 0 Å². The van der Waals surface area contributed by atoms with Crippen LogP contribution in [-0.4, -0.2) is 35.9 Å². The Morgan fingerprint density at radius 1 is 1.17 bits per heavy atom. The highest BCUT2D eigenvalue weighted by molar-refractivity contribution is 5.91. The third-order valence-electron chi connectivity index (χ3n) is 6.18. The van der Waals surface area contributed by atoms with Gasteiger partial charge in [0.15, 0.2) is 5.76 Å². The molecule has 1 aliphatic heterocycles. The highest BCUT2D eigenvalue weighted by Gasteiger charge is 2.35. The first kappa shape index (κ1) is 20.4. The maximum absolute atomic E-state index is 12.8. The minimum Gasteiger partial charge on any atom is -0.456 e. The molecule has 2 N–H and O–H groups in total. The summed E-state index contributed by atoms with van der Waals surface area (Å²) in [6, 6.07) is 12.2. The lowest BCUT2D eigenvalue weighted by Gasteiger charge is -2.38. The van der Waals surface area contributed by atoms with Gasteiger partial charge in [-0.05, 0) is 51.3 Å². The van der Waals surface area contributed by atoms with Gasteiger partial charge in [0.05, 0.1) is 5.69 Å². The molecule has 6 heteroatoms. The lowest BCUT2D eigenvalue weighted by molar-refractivity contribution is 0.0484. The molecular weight excluding hydrogens is 378 g/mol. The lowest BCUT2D eigenvalue weighted by Crippen LogP contribution is -2.44. The van der Waals surface area contributed by atoms with Gasteiger partial charge in [-0.1, -0.05) is 29.8 Å². The predicted molar refractivity (Wildman–Crippen MR) is 115 cm³/mol. The van der Waals surface area contributed by atoms with Crippen LogP contribution in [-0.2, 0) is 16.6 Å². The summed E-state index contributed by atoms with van der Waals surface area (Å²) in [4.78, 5) is 12.8. The van der Waals surface area contributed by atoms with Crippen molar-refractivity contribution in [3.8, 4) is 0 Å². The molecule has 6 nitrogen and oxygen atoms in total. The van der Waals surface area contributed by atoms with E-state index in [1.165, 1.54) is 11.1 Å². The Bertz CT molecular complexity index is 1010.